The summed E-state index contributed by atoms with van der Waals surface area (Å²) in [6.07, 6.45) is 0. The normalized spacial score (nSPS) is 10.9. The first-order chi connectivity index (χ1) is 10.6. The predicted molar refractivity (Wildman–Crippen MR) is 90.5 cm³/mol. The van der Waals surface area contributed by atoms with Crippen molar-refractivity contribution >= 4 is 46.2 Å². The summed E-state index contributed by atoms with van der Waals surface area (Å²) in [5.41, 5.74) is 4.03. The van der Waals surface area contributed by atoms with Crippen LogP contribution in [0.5, 0.6) is 0 Å². The summed E-state index contributed by atoms with van der Waals surface area (Å²) in [7, 11) is 0. The van der Waals surface area contributed by atoms with E-state index in [-0.39, 0.29) is 5.91 Å². The molecule has 0 aromatic heterocycles. The second-order valence-electron chi connectivity index (χ2n) is 4.70. The molecule has 0 saturated carbocycles. The minimum absolute atomic E-state index is 0.110. The van der Waals surface area contributed by atoms with Crippen molar-refractivity contribution in [3.05, 3.63) is 53.6 Å². The highest BCUT2D eigenvalue weighted by atomic mass is 35.5. The third-order valence-corrected chi connectivity index (χ3v) is 3.43. The van der Waals surface area contributed by atoms with Crippen molar-refractivity contribution in [2.45, 2.75) is 18.7 Å². The molecule has 0 atom stereocenters. The van der Waals surface area contributed by atoms with Gasteiger partial charge in [0.1, 0.15) is 0 Å². The molecule has 0 aliphatic heterocycles. The number of alkyl halides is 2. The van der Waals surface area contributed by atoms with E-state index in [1.807, 2.05) is 18.2 Å². The zero-order valence-electron chi connectivity index (χ0n) is 12.0. The number of carbonyl (C=O) groups is 1. The lowest BCUT2D eigenvalue weighted by atomic mass is 10.1. The van der Waals surface area contributed by atoms with Gasteiger partial charge in [-0.15, -0.1) is 23.2 Å². The smallest absolute Gasteiger partial charge is 0.221 e. The van der Waals surface area contributed by atoms with Crippen molar-refractivity contribution < 1.29 is 4.79 Å². The first kappa shape index (κ1) is 16.5. The molecule has 22 heavy (non-hydrogen) atoms. The lowest BCUT2D eigenvalue weighted by Gasteiger charge is -2.03. The molecule has 0 aliphatic rings. The fourth-order valence-corrected chi connectivity index (χ4v) is 2.19. The van der Waals surface area contributed by atoms with Gasteiger partial charge in [0, 0.05) is 24.4 Å². The molecule has 0 heterocycles. The maximum absolute atomic E-state index is 11.0. The molecule has 2 rings (SSSR count). The molecular formula is C16H15Cl2N3O. The lowest BCUT2D eigenvalue weighted by molar-refractivity contribution is -0.114. The van der Waals surface area contributed by atoms with Crippen molar-refractivity contribution in [1.82, 2.24) is 0 Å². The Kier molecular flexibility index (Phi) is 5.92. The van der Waals surface area contributed by atoms with E-state index in [4.69, 9.17) is 23.2 Å². The van der Waals surface area contributed by atoms with E-state index < -0.39 is 0 Å². The summed E-state index contributed by atoms with van der Waals surface area (Å²) in [5.74, 6) is 0.693. The molecule has 4 nitrogen and oxygen atoms in total. The molecule has 0 unspecified atom stereocenters. The molecule has 0 bridgehead atoms. The van der Waals surface area contributed by atoms with Gasteiger partial charge in [0.15, 0.2) is 0 Å². The molecule has 2 aromatic rings. The number of nitrogens with one attached hydrogen (secondary N) is 1. The van der Waals surface area contributed by atoms with E-state index in [9.17, 15) is 4.79 Å². The number of carbonyl (C=O) groups excluding carboxylic acids is 1. The topological polar surface area (TPSA) is 53.8 Å². The van der Waals surface area contributed by atoms with Crippen molar-refractivity contribution in [1.29, 1.82) is 0 Å². The van der Waals surface area contributed by atoms with Gasteiger partial charge in [0.05, 0.1) is 11.4 Å². The number of hydrogen-bond acceptors (Lipinski definition) is 3. The van der Waals surface area contributed by atoms with Gasteiger partial charge in [-0.1, -0.05) is 6.07 Å². The molecule has 0 aliphatic carbocycles. The van der Waals surface area contributed by atoms with E-state index in [1.54, 1.807) is 24.3 Å². The standard InChI is InChI=1S/C16H15Cl2N3O/c1-11(22)19-14-2-4-15(5-3-14)20-21-16-7-12(9-17)6-13(8-16)10-18/h2-8H,9-10H2,1H3,(H,19,22). The molecule has 6 heteroatoms. The number of rotatable bonds is 5. The molecule has 1 amide bonds. The van der Waals surface area contributed by atoms with Crippen LogP contribution in [0, 0.1) is 0 Å². The maximum atomic E-state index is 11.0. The Hall–Kier alpha value is -1.91. The molecule has 0 radical (unpaired) electrons. The first-order valence-corrected chi connectivity index (χ1v) is 7.72. The minimum Gasteiger partial charge on any atom is -0.326 e. The van der Waals surface area contributed by atoms with Crippen LogP contribution in [0.3, 0.4) is 0 Å². The molecule has 114 valence electrons. The van der Waals surface area contributed by atoms with Crippen LogP contribution in [-0.4, -0.2) is 5.91 Å². The van der Waals surface area contributed by atoms with Gasteiger partial charge in [-0.25, -0.2) is 0 Å². The van der Waals surface area contributed by atoms with Crippen LogP contribution in [-0.2, 0) is 16.6 Å². The van der Waals surface area contributed by atoms with Crippen LogP contribution in [0.1, 0.15) is 18.1 Å². The number of amides is 1. The summed E-state index contributed by atoms with van der Waals surface area (Å²) in [4.78, 5) is 11.0. The van der Waals surface area contributed by atoms with Crippen LogP contribution in [0.15, 0.2) is 52.7 Å². The summed E-state index contributed by atoms with van der Waals surface area (Å²) in [5, 5.41) is 11.1. The summed E-state index contributed by atoms with van der Waals surface area (Å²) < 4.78 is 0. The number of hydrogen-bond donors (Lipinski definition) is 1. The Labute approximate surface area is 139 Å². The monoisotopic (exact) mass is 335 g/mol. The fraction of sp³-hybridized carbons (Fsp3) is 0.188. The van der Waals surface area contributed by atoms with E-state index in [1.165, 1.54) is 6.92 Å². The molecule has 1 N–H and O–H groups in total. The lowest BCUT2D eigenvalue weighted by Crippen LogP contribution is -2.04. The van der Waals surface area contributed by atoms with E-state index >= 15 is 0 Å². The highest BCUT2D eigenvalue weighted by Gasteiger charge is 2.00. The largest absolute Gasteiger partial charge is 0.326 e. The summed E-state index contributed by atoms with van der Waals surface area (Å²) in [6.45, 7) is 1.46. The number of azo groups is 1. The molecule has 2 aromatic carbocycles. The van der Waals surface area contributed by atoms with Crippen LogP contribution in [0.2, 0.25) is 0 Å². The predicted octanol–water partition coefficient (Wildman–Crippen LogP) is 5.54. The Bertz CT molecular complexity index is 662. The highest BCUT2D eigenvalue weighted by molar-refractivity contribution is 6.17. The van der Waals surface area contributed by atoms with Crippen LogP contribution < -0.4 is 5.32 Å². The van der Waals surface area contributed by atoms with Gasteiger partial charge in [0.2, 0.25) is 5.91 Å². The van der Waals surface area contributed by atoms with E-state index in [0.717, 1.165) is 16.8 Å². The Morgan fingerprint density at radius 2 is 1.50 bits per heavy atom. The van der Waals surface area contributed by atoms with Crippen molar-refractivity contribution in [2.75, 3.05) is 5.32 Å². The van der Waals surface area contributed by atoms with E-state index in [2.05, 4.69) is 15.5 Å². The third kappa shape index (κ3) is 4.83. The third-order valence-electron chi connectivity index (χ3n) is 2.81. The average Bonchev–Trinajstić information content (AvgIpc) is 2.53. The van der Waals surface area contributed by atoms with Crippen molar-refractivity contribution in [3.8, 4) is 0 Å². The fourth-order valence-electron chi connectivity index (χ4n) is 1.89. The van der Waals surface area contributed by atoms with Crippen LogP contribution in [0.25, 0.3) is 0 Å². The average molecular weight is 336 g/mol. The zero-order valence-corrected chi connectivity index (χ0v) is 13.5. The number of halogens is 2. The van der Waals surface area contributed by atoms with Crippen LogP contribution in [0.4, 0.5) is 17.1 Å². The maximum Gasteiger partial charge on any atom is 0.221 e. The van der Waals surface area contributed by atoms with Crippen molar-refractivity contribution in [3.63, 3.8) is 0 Å². The van der Waals surface area contributed by atoms with Gasteiger partial charge in [-0.3, -0.25) is 4.79 Å². The summed E-state index contributed by atoms with van der Waals surface area (Å²) in [6, 6.07) is 12.8. The molecule has 0 fully saturated rings. The Balaban J connectivity index is 2.15. The van der Waals surface area contributed by atoms with Gasteiger partial charge < -0.3 is 5.32 Å². The van der Waals surface area contributed by atoms with Crippen molar-refractivity contribution in [2.24, 2.45) is 10.2 Å². The van der Waals surface area contributed by atoms with E-state index in [0.29, 0.717) is 23.1 Å². The Morgan fingerprint density at radius 1 is 0.955 bits per heavy atom. The molecule has 0 spiro atoms. The second kappa shape index (κ2) is 7.92. The van der Waals surface area contributed by atoms with Gasteiger partial charge in [0.25, 0.3) is 0 Å². The Morgan fingerprint density at radius 3 is 2.00 bits per heavy atom. The zero-order chi connectivity index (χ0) is 15.9. The first-order valence-electron chi connectivity index (χ1n) is 6.65. The quantitative estimate of drug-likeness (QED) is 0.566. The van der Waals surface area contributed by atoms with Gasteiger partial charge in [-0.2, -0.15) is 10.2 Å². The van der Waals surface area contributed by atoms with Crippen LogP contribution >= 0.6 is 23.2 Å². The van der Waals surface area contributed by atoms with Gasteiger partial charge in [-0.05, 0) is 47.5 Å². The second-order valence-corrected chi connectivity index (χ2v) is 5.24. The molecule has 0 saturated heterocycles. The SMILES string of the molecule is CC(=O)Nc1ccc(N=Nc2cc(CCl)cc(CCl)c2)cc1. The number of nitrogens with zero attached hydrogens (tertiary/aromatic N) is 2. The number of benzene rings is 2. The molecular weight excluding hydrogens is 321 g/mol. The minimum atomic E-state index is -0.110. The summed E-state index contributed by atoms with van der Waals surface area (Å²) >= 11 is 11.7. The van der Waals surface area contributed by atoms with Gasteiger partial charge >= 0.3 is 0 Å². The highest BCUT2D eigenvalue weighted by Crippen LogP contribution is 2.24. The number of anilines is 1.